The second kappa shape index (κ2) is 5.53. The maximum atomic E-state index is 12.1. The van der Waals surface area contributed by atoms with E-state index in [0.717, 1.165) is 30.6 Å². The van der Waals surface area contributed by atoms with E-state index in [4.69, 9.17) is 0 Å². The minimum atomic E-state index is 0.00949. The summed E-state index contributed by atoms with van der Waals surface area (Å²) in [6.45, 7) is 2.84. The van der Waals surface area contributed by atoms with Crippen molar-refractivity contribution in [3.63, 3.8) is 0 Å². The summed E-state index contributed by atoms with van der Waals surface area (Å²) < 4.78 is 0. The minimum absolute atomic E-state index is 0.00949. The molecule has 0 saturated carbocycles. The SMILES string of the molecule is CCNc1ccccc1C(=O)NC1CC=CC1. The number of benzene rings is 1. The van der Waals surface area contributed by atoms with Gasteiger partial charge in [-0.15, -0.1) is 0 Å². The van der Waals surface area contributed by atoms with Gasteiger partial charge in [-0.1, -0.05) is 24.3 Å². The van der Waals surface area contributed by atoms with Crippen molar-refractivity contribution in [3.05, 3.63) is 42.0 Å². The number of hydrogen-bond acceptors (Lipinski definition) is 2. The van der Waals surface area contributed by atoms with Crippen LogP contribution in [0.1, 0.15) is 30.1 Å². The Balaban J connectivity index is 2.07. The fourth-order valence-corrected chi connectivity index (χ4v) is 2.02. The van der Waals surface area contributed by atoms with Gasteiger partial charge in [0, 0.05) is 18.3 Å². The van der Waals surface area contributed by atoms with Gasteiger partial charge in [0.15, 0.2) is 0 Å². The summed E-state index contributed by atoms with van der Waals surface area (Å²) in [5.74, 6) is 0.00949. The largest absolute Gasteiger partial charge is 0.385 e. The van der Waals surface area contributed by atoms with Crippen LogP contribution in [0.2, 0.25) is 0 Å². The topological polar surface area (TPSA) is 41.1 Å². The van der Waals surface area contributed by atoms with Crippen LogP contribution < -0.4 is 10.6 Å². The zero-order valence-corrected chi connectivity index (χ0v) is 10.1. The molecule has 1 aromatic carbocycles. The van der Waals surface area contributed by atoms with Crippen LogP contribution in [0.25, 0.3) is 0 Å². The van der Waals surface area contributed by atoms with E-state index in [-0.39, 0.29) is 11.9 Å². The lowest BCUT2D eigenvalue weighted by Gasteiger charge is -2.14. The van der Waals surface area contributed by atoms with Crippen LogP contribution in [0, 0.1) is 0 Å². The Morgan fingerprint density at radius 2 is 2.00 bits per heavy atom. The molecule has 2 N–H and O–H groups in total. The number of para-hydroxylation sites is 1. The quantitative estimate of drug-likeness (QED) is 0.780. The van der Waals surface area contributed by atoms with Crippen LogP contribution in [0.15, 0.2) is 36.4 Å². The molecule has 1 amide bonds. The number of carbonyl (C=O) groups excluding carboxylic acids is 1. The van der Waals surface area contributed by atoms with Gasteiger partial charge >= 0.3 is 0 Å². The maximum absolute atomic E-state index is 12.1. The Kier molecular flexibility index (Phi) is 3.81. The van der Waals surface area contributed by atoms with Crippen molar-refractivity contribution in [2.24, 2.45) is 0 Å². The summed E-state index contributed by atoms with van der Waals surface area (Å²) in [7, 11) is 0. The summed E-state index contributed by atoms with van der Waals surface area (Å²) in [4.78, 5) is 12.1. The van der Waals surface area contributed by atoms with Crippen LogP contribution in [-0.2, 0) is 0 Å². The molecule has 0 aliphatic heterocycles. The molecule has 1 aliphatic rings. The number of amides is 1. The molecular weight excluding hydrogens is 212 g/mol. The number of rotatable bonds is 4. The molecule has 17 heavy (non-hydrogen) atoms. The van der Waals surface area contributed by atoms with Crippen molar-refractivity contribution in [1.29, 1.82) is 0 Å². The molecular formula is C14H18N2O. The summed E-state index contributed by atoms with van der Waals surface area (Å²) in [6.07, 6.45) is 6.10. The first-order valence-corrected chi connectivity index (χ1v) is 6.10. The molecule has 0 atom stereocenters. The second-order valence-electron chi connectivity index (χ2n) is 4.19. The van der Waals surface area contributed by atoms with E-state index in [9.17, 15) is 4.79 Å². The molecule has 0 saturated heterocycles. The Morgan fingerprint density at radius 1 is 1.29 bits per heavy atom. The smallest absolute Gasteiger partial charge is 0.253 e. The lowest BCUT2D eigenvalue weighted by Crippen LogP contribution is -2.33. The third-order valence-electron chi connectivity index (χ3n) is 2.88. The van der Waals surface area contributed by atoms with Crippen molar-refractivity contribution in [1.82, 2.24) is 5.32 Å². The molecule has 0 spiro atoms. The molecule has 2 rings (SSSR count). The highest BCUT2D eigenvalue weighted by Gasteiger charge is 2.16. The van der Waals surface area contributed by atoms with Gasteiger partial charge in [0.25, 0.3) is 5.91 Å². The first kappa shape index (κ1) is 11.7. The first-order valence-electron chi connectivity index (χ1n) is 6.10. The molecule has 0 unspecified atom stereocenters. The van der Waals surface area contributed by atoms with E-state index < -0.39 is 0 Å². The van der Waals surface area contributed by atoms with Crippen LogP contribution in [-0.4, -0.2) is 18.5 Å². The first-order chi connectivity index (χ1) is 8.31. The predicted molar refractivity (Wildman–Crippen MR) is 70.2 cm³/mol. The summed E-state index contributed by atoms with van der Waals surface area (Å²) in [5.41, 5.74) is 1.62. The molecule has 0 fully saturated rings. The van der Waals surface area contributed by atoms with Gasteiger partial charge in [-0.05, 0) is 31.9 Å². The second-order valence-corrected chi connectivity index (χ2v) is 4.19. The third-order valence-corrected chi connectivity index (χ3v) is 2.88. The Labute approximate surface area is 102 Å². The molecule has 0 bridgehead atoms. The number of nitrogens with one attached hydrogen (secondary N) is 2. The van der Waals surface area contributed by atoms with Crippen molar-refractivity contribution in [3.8, 4) is 0 Å². The van der Waals surface area contributed by atoms with Crippen molar-refractivity contribution in [2.45, 2.75) is 25.8 Å². The van der Waals surface area contributed by atoms with Crippen LogP contribution in [0.5, 0.6) is 0 Å². The van der Waals surface area contributed by atoms with Gasteiger partial charge < -0.3 is 10.6 Å². The molecule has 3 nitrogen and oxygen atoms in total. The summed E-state index contributed by atoms with van der Waals surface area (Å²) in [6, 6.07) is 7.88. The van der Waals surface area contributed by atoms with E-state index in [1.165, 1.54) is 0 Å². The van der Waals surface area contributed by atoms with Crippen LogP contribution >= 0.6 is 0 Å². The number of anilines is 1. The highest BCUT2D eigenvalue weighted by atomic mass is 16.1. The Morgan fingerprint density at radius 3 is 2.71 bits per heavy atom. The highest BCUT2D eigenvalue weighted by Crippen LogP contribution is 2.16. The molecule has 0 radical (unpaired) electrons. The monoisotopic (exact) mass is 230 g/mol. The van der Waals surface area contributed by atoms with Crippen molar-refractivity contribution in [2.75, 3.05) is 11.9 Å². The minimum Gasteiger partial charge on any atom is -0.385 e. The summed E-state index contributed by atoms with van der Waals surface area (Å²) >= 11 is 0. The summed E-state index contributed by atoms with van der Waals surface area (Å²) in [5, 5.41) is 6.26. The molecule has 1 aromatic rings. The molecule has 3 heteroatoms. The highest BCUT2D eigenvalue weighted by molar-refractivity contribution is 5.99. The van der Waals surface area contributed by atoms with Crippen LogP contribution in [0.3, 0.4) is 0 Å². The van der Waals surface area contributed by atoms with Crippen LogP contribution in [0.4, 0.5) is 5.69 Å². The number of hydrogen-bond donors (Lipinski definition) is 2. The van der Waals surface area contributed by atoms with Gasteiger partial charge in [0.1, 0.15) is 0 Å². The molecule has 0 aromatic heterocycles. The zero-order chi connectivity index (χ0) is 12.1. The van der Waals surface area contributed by atoms with E-state index >= 15 is 0 Å². The van der Waals surface area contributed by atoms with Gasteiger partial charge in [-0.2, -0.15) is 0 Å². The Bertz CT molecular complexity index is 418. The third kappa shape index (κ3) is 2.87. The van der Waals surface area contributed by atoms with E-state index in [0.29, 0.717) is 0 Å². The van der Waals surface area contributed by atoms with E-state index in [1.54, 1.807) is 0 Å². The average molecular weight is 230 g/mol. The average Bonchev–Trinajstić information content (AvgIpc) is 2.83. The van der Waals surface area contributed by atoms with E-state index in [1.807, 2.05) is 31.2 Å². The maximum Gasteiger partial charge on any atom is 0.253 e. The van der Waals surface area contributed by atoms with Crippen molar-refractivity contribution < 1.29 is 4.79 Å². The predicted octanol–water partition coefficient (Wildman–Crippen LogP) is 2.57. The molecule has 1 aliphatic carbocycles. The fraction of sp³-hybridized carbons (Fsp3) is 0.357. The van der Waals surface area contributed by atoms with Crippen molar-refractivity contribution >= 4 is 11.6 Å². The van der Waals surface area contributed by atoms with E-state index in [2.05, 4.69) is 22.8 Å². The van der Waals surface area contributed by atoms with Gasteiger partial charge in [0.05, 0.1) is 5.56 Å². The lowest BCUT2D eigenvalue weighted by molar-refractivity contribution is 0.0940. The zero-order valence-electron chi connectivity index (χ0n) is 10.1. The molecule has 90 valence electrons. The molecule has 0 heterocycles. The number of carbonyl (C=O) groups is 1. The Hall–Kier alpha value is -1.77. The fourth-order valence-electron chi connectivity index (χ4n) is 2.02. The standard InChI is InChI=1S/C14H18N2O/c1-2-15-13-10-6-5-9-12(13)14(17)16-11-7-3-4-8-11/h3-6,9-11,15H,2,7-8H2,1H3,(H,16,17). The van der Waals surface area contributed by atoms with Gasteiger partial charge in [-0.25, -0.2) is 0 Å². The lowest BCUT2D eigenvalue weighted by atomic mass is 10.1. The normalized spacial score (nSPS) is 14.9. The van der Waals surface area contributed by atoms with Gasteiger partial charge in [-0.3, -0.25) is 4.79 Å². The van der Waals surface area contributed by atoms with Gasteiger partial charge in [0.2, 0.25) is 0 Å².